The second-order valence-electron chi connectivity index (χ2n) is 6.58. The molecule has 4 N–H and O–H groups in total. The third-order valence-electron chi connectivity index (χ3n) is 4.64. The van der Waals surface area contributed by atoms with Crippen molar-refractivity contribution in [2.75, 3.05) is 5.32 Å². The summed E-state index contributed by atoms with van der Waals surface area (Å²) in [5, 5.41) is 13.8. The lowest BCUT2D eigenvalue weighted by Crippen LogP contribution is -2.49. The van der Waals surface area contributed by atoms with E-state index in [1.807, 2.05) is 13.8 Å². The van der Waals surface area contributed by atoms with Crippen LogP contribution < -0.4 is 16.2 Å². The lowest BCUT2D eigenvalue weighted by Gasteiger charge is -2.40. The second kappa shape index (κ2) is 3.76. The van der Waals surface area contributed by atoms with Crippen molar-refractivity contribution in [1.82, 2.24) is 10.9 Å². The standard InChI is InChI=1S/C15H16FN3O2/c1-15(2)5-9-11-10-7(14(21)19-18-9)3-6(16)4-8(10)17-12(11)13(15)20/h3-4,12-13,17-18,20H,5H2,1-2H3,(H,19,21). The summed E-state index contributed by atoms with van der Waals surface area (Å²) in [4.78, 5) is 12.2. The molecule has 1 amide bonds. The number of aliphatic hydroxyl groups excluding tert-OH is 1. The number of carbonyl (C=O) groups excluding carboxylic acids is 1. The lowest BCUT2D eigenvalue weighted by molar-refractivity contribution is 0.0401. The zero-order chi connectivity index (χ0) is 14.9. The third-order valence-corrected chi connectivity index (χ3v) is 4.64. The molecule has 2 unspecified atom stereocenters. The number of rotatable bonds is 0. The quantitative estimate of drug-likeness (QED) is 0.582. The monoisotopic (exact) mass is 289 g/mol. The molecule has 21 heavy (non-hydrogen) atoms. The summed E-state index contributed by atoms with van der Waals surface area (Å²) in [5.41, 5.74) is 8.51. The SMILES string of the molecule is CC1(C)CC2=C3c4c(cc(F)cc4C(=O)NN2)NC3C1O. The van der Waals surface area contributed by atoms with Gasteiger partial charge in [0, 0.05) is 22.5 Å². The molecule has 2 heterocycles. The number of aliphatic hydroxyl groups is 1. The number of hydrogen-bond acceptors (Lipinski definition) is 4. The molecule has 0 saturated heterocycles. The molecule has 0 radical (unpaired) electrons. The van der Waals surface area contributed by atoms with Crippen molar-refractivity contribution in [1.29, 1.82) is 0 Å². The Labute approximate surface area is 121 Å². The van der Waals surface area contributed by atoms with Crippen LogP contribution in [0.1, 0.15) is 36.2 Å². The minimum atomic E-state index is -0.616. The molecule has 2 atom stereocenters. The Kier molecular flexibility index (Phi) is 2.27. The Balaban J connectivity index is 2.00. The average molecular weight is 289 g/mol. The van der Waals surface area contributed by atoms with E-state index in [0.717, 1.165) is 11.3 Å². The fraction of sp³-hybridized carbons (Fsp3) is 0.400. The summed E-state index contributed by atoms with van der Waals surface area (Å²) in [5.74, 6) is -0.835. The summed E-state index contributed by atoms with van der Waals surface area (Å²) >= 11 is 0. The number of hydrazine groups is 1. The van der Waals surface area contributed by atoms with Gasteiger partial charge in [-0.1, -0.05) is 13.8 Å². The van der Waals surface area contributed by atoms with E-state index in [0.29, 0.717) is 23.2 Å². The maximum Gasteiger partial charge on any atom is 0.270 e. The first-order valence-electron chi connectivity index (χ1n) is 6.96. The molecule has 0 aromatic heterocycles. The highest BCUT2D eigenvalue weighted by atomic mass is 19.1. The van der Waals surface area contributed by atoms with E-state index in [9.17, 15) is 14.3 Å². The number of halogens is 1. The van der Waals surface area contributed by atoms with Gasteiger partial charge in [-0.25, -0.2) is 4.39 Å². The second-order valence-corrected chi connectivity index (χ2v) is 6.58. The average Bonchev–Trinajstić information content (AvgIpc) is 2.72. The van der Waals surface area contributed by atoms with Crippen LogP contribution in [-0.4, -0.2) is 23.2 Å². The molecule has 0 saturated carbocycles. The van der Waals surface area contributed by atoms with Crippen LogP contribution in [0.25, 0.3) is 5.57 Å². The maximum atomic E-state index is 13.7. The predicted molar refractivity (Wildman–Crippen MR) is 75.7 cm³/mol. The van der Waals surface area contributed by atoms with Crippen molar-refractivity contribution in [2.24, 2.45) is 5.41 Å². The summed E-state index contributed by atoms with van der Waals surface area (Å²) in [7, 11) is 0. The van der Waals surface area contributed by atoms with Crippen LogP contribution in [0, 0.1) is 11.2 Å². The molecule has 2 aliphatic heterocycles. The first-order chi connectivity index (χ1) is 9.88. The summed E-state index contributed by atoms with van der Waals surface area (Å²) in [6, 6.07) is 2.28. The van der Waals surface area contributed by atoms with Gasteiger partial charge in [0.15, 0.2) is 0 Å². The van der Waals surface area contributed by atoms with E-state index < -0.39 is 11.9 Å². The molecule has 0 bridgehead atoms. The summed E-state index contributed by atoms with van der Waals surface area (Å²) in [6.07, 6.45) is -0.00680. The predicted octanol–water partition coefficient (Wildman–Crippen LogP) is 1.37. The Hall–Kier alpha value is -2.08. The van der Waals surface area contributed by atoms with Gasteiger partial charge in [-0.2, -0.15) is 0 Å². The highest BCUT2D eigenvalue weighted by Crippen LogP contribution is 2.49. The Morgan fingerprint density at radius 2 is 2.10 bits per heavy atom. The van der Waals surface area contributed by atoms with Gasteiger partial charge in [-0.05, 0) is 24.0 Å². The van der Waals surface area contributed by atoms with Crippen molar-refractivity contribution < 1.29 is 14.3 Å². The fourth-order valence-corrected chi connectivity index (χ4v) is 3.58. The van der Waals surface area contributed by atoms with Gasteiger partial charge in [0.2, 0.25) is 0 Å². The zero-order valence-electron chi connectivity index (χ0n) is 11.7. The molecular formula is C15H16FN3O2. The van der Waals surface area contributed by atoms with E-state index in [-0.39, 0.29) is 17.4 Å². The summed E-state index contributed by atoms with van der Waals surface area (Å²) < 4.78 is 13.7. The van der Waals surface area contributed by atoms with Crippen LogP contribution in [0.2, 0.25) is 0 Å². The first-order valence-corrected chi connectivity index (χ1v) is 6.96. The van der Waals surface area contributed by atoms with Gasteiger partial charge in [-0.15, -0.1) is 0 Å². The molecule has 1 aliphatic carbocycles. The molecule has 1 aromatic rings. The Morgan fingerprint density at radius 3 is 2.86 bits per heavy atom. The van der Waals surface area contributed by atoms with Crippen LogP contribution in [0.5, 0.6) is 0 Å². The zero-order valence-corrected chi connectivity index (χ0v) is 11.7. The van der Waals surface area contributed by atoms with Gasteiger partial charge in [0.05, 0.1) is 17.7 Å². The minimum absolute atomic E-state index is 0.296. The van der Waals surface area contributed by atoms with Gasteiger partial charge in [0.1, 0.15) is 5.82 Å². The maximum absolute atomic E-state index is 13.7. The van der Waals surface area contributed by atoms with Crippen molar-refractivity contribution >= 4 is 17.2 Å². The van der Waals surface area contributed by atoms with Gasteiger partial charge >= 0.3 is 0 Å². The number of nitrogens with one attached hydrogen (secondary N) is 3. The van der Waals surface area contributed by atoms with Crippen LogP contribution in [0.4, 0.5) is 10.1 Å². The van der Waals surface area contributed by atoms with Crippen molar-refractivity contribution in [3.8, 4) is 0 Å². The number of amides is 1. The molecule has 6 heteroatoms. The van der Waals surface area contributed by atoms with Crippen molar-refractivity contribution in [2.45, 2.75) is 32.4 Å². The van der Waals surface area contributed by atoms with E-state index >= 15 is 0 Å². The molecule has 5 nitrogen and oxygen atoms in total. The first kappa shape index (κ1) is 12.6. The molecule has 3 aliphatic rings. The van der Waals surface area contributed by atoms with Gasteiger partial charge < -0.3 is 15.8 Å². The highest BCUT2D eigenvalue weighted by molar-refractivity contribution is 6.06. The largest absolute Gasteiger partial charge is 0.390 e. The van der Waals surface area contributed by atoms with Crippen molar-refractivity contribution in [3.63, 3.8) is 0 Å². The molecule has 110 valence electrons. The van der Waals surface area contributed by atoms with Gasteiger partial charge in [0.25, 0.3) is 5.91 Å². The topological polar surface area (TPSA) is 73.4 Å². The van der Waals surface area contributed by atoms with Crippen LogP contribution in [0.3, 0.4) is 0 Å². The smallest absolute Gasteiger partial charge is 0.270 e. The van der Waals surface area contributed by atoms with E-state index in [1.165, 1.54) is 12.1 Å². The number of carbonyl (C=O) groups is 1. The molecule has 0 fully saturated rings. The molecule has 0 spiro atoms. The van der Waals surface area contributed by atoms with Gasteiger partial charge in [-0.3, -0.25) is 10.2 Å². The van der Waals surface area contributed by atoms with Crippen molar-refractivity contribution in [3.05, 3.63) is 34.8 Å². The number of benzene rings is 1. The fourth-order valence-electron chi connectivity index (χ4n) is 3.58. The number of allylic oxidation sites excluding steroid dienone is 1. The molecule has 4 rings (SSSR count). The lowest BCUT2D eigenvalue weighted by atomic mass is 9.71. The molecular weight excluding hydrogens is 273 g/mol. The van der Waals surface area contributed by atoms with Crippen LogP contribution in [0.15, 0.2) is 17.8 Å². The van der Waals surface area contributed by atoms with E-state index in [4.69, 9.17) is 0 Å². The van der Waals surface area contributed by atoms with Crippen LogP contribution in [-0.2, 0) is 0 Å². The molecule has 1 aromatic carbocycles. The van der Waals surface area contributed by atoms with E-state index in [2.05, 4.69) is 16.2 Å². The third kappa shape index (κ3) is 1.56. The Morgan fingerprint density at radius 1 is 1.33 bits per heavy atom. The normalized spacial score (nSPS) is 28.3. The highest BCUT2D eigenvalue weighted by Gasteiger charge is 2.48. The number of anilines is 1. The van der Waals surface area contributed by atoms with Crippen LogP contribution >= 0.6 is 0 Å². The summed E-state index contributed by atoms with van der Waals surface area (Å²) in [6.45, 7) is 3.95. The Bertz CT molecular complexity index is 711. The minimum Gasteiger partial charge on any atom is -0.390 e. The van der Waals surface area contributed by atoms with E-state index in [1.54, 1.807) is 0 Å². The number of hydrogen-bond donors (Lipinski definition) is 4.